The Kier molecular flexibility index (Phi) is 5.76. The van der Waals surface area contributed by atoms with Crippen LogP contribution in [0.3, 0.4) is 0 Å². The Morgan fingerprint density at radius 2 is 1.71 bits per heavy atom. The molecule has 0 saturated heterocycles. The van der Waals surface area contributed by atoms with Gasteiger partial charge in [-0.05, 0) is 36.4 Å². The molecule has 4 aromatic rings. The van der Waals surface area contributed by atoms with Crippen LogP contribution in [0.15, 0.2) is 66.7 Å². The molecular weight excluding hydrogens is 419 g/mol. The Morgan fingerprint density at radius 3 is 2.45 bits per heavy atom. The van der Waals surface area contributed by atoms with Crippen molar-refractivity contribution in [3.05, 3.63) is 78.1 Å². The van der Waals surface area contributed by atoms with E-state index in [1.54, 1.807) is 42.5 Å². The lowest BCUT2D eigenvalue weighted by Gasteiger charge is -2.09. The molecule has 0 saturated carbocycles. The number of hydrogen-bond donors (Lipinski definition) is 3. The number of carbonyl (C=O) groups is 2. The van der Waals surface area contributed by atoms with E-state index in [0.717, 1.165) is 0 Å². The molecule has 31 heavy (non-hydrogen) atoms. The molecule has 0 radical (unpaired) electrons. The lowest BCUT2D eigenvalue weighted by molar-refractivity contribution is 0.102. The van der Waals surface area contributed by atoms with Gasteiger partial charge in [0.15, 0.2) is 5.13 Å². The summed E-state index contributed by atoms with van der Waals surface area (Å²) in [7, 11) is 1.49. The van der Waals surface area contributed by atoms with Gasteiger partial charge in [0.25, 0.3) is 5.91 Å². The number of halogens is 1. The summed E-state index contributed by atoms with van der Waals surface area (Å²) in [5.74, 6) is -0.280. The van der Waals surface area contributed by atoms with E-state index < -0.39 is 11.8 Å². The van der Waals surface area contributed by atoms with Crippen molar-refractivity contribution in [1.29, 1.82) is 0 Å². The van der Waals surface area contributed by atoms with Crippen molar-refractivity contribution in [1.82, 2.24) is 4.98 Å². The van der Waals surface area contributed by atoms with Gasteiger partial charge in [-0.15, -0.1) is 0 Å². The van der Waals surface area contributed by atoms with Crippen molar-refractivity contribution in [2.75, 3.05) is 23.1 Å². The first-order valence-corrected chi connectivity index (χ1v) is 10.0. The van der Waals surface area contributed by atoms with E-state index in [1.807, 2.05) is 6.07 Å². The summed E-state index contributed by atoms with van der Waals surface area (Å²) >= 11 is 1.25. The molecule has 0 aliphatic carbocycles. The molecule has 0 unspecified atom stereocenters. The zero-order chi connectivity index (χ0) is 21.8. The molecule has 0 aliphatic rings. The number of carbonyl (C=O) groups excluding carboxylic acids is 2. The lowest BCUT2D eigenvalue weighted by Crippen LogP contribution is -2.19. The van der Waals surface area contributed by atoms with Crippen molar-refractivity contribution in [2.45, 2.75) is 0 Å². The molecule has 3 aromatic carbocycles. The number of thiazole rings is 1. The Morgan fingerprint density at radius 1 is 0.935 bits per heavy atom. The normalized spacial score (nSPS) is 10.5. The number of nitrogens with one attached hydrogen (secondary N) is 3. The van der Waals surface area contributed by atoms with E-state index in [-0.39, 0.29) is 5.91 Å². The Bertz CT molecular complexity index is 1260. The van der Waals surface area contributed by atoms with Crippen molar-refractivity contribution in [2.24, 2.45) is 0 Å². The van der Waals surface area contributed by atoms with Crippen molar-refractivity contribution in [3.8, 4) is 5.75 Å². The van der Waals surface area contributed by atoms with Gasteiger partial charge in [0.1, 0.15) is 17.1 Å². The van der Waals surface area contributed by atoms with E-state index in [2.05, 4.69) is 20.9 Å². The molecule has 3 N–H and O–H groups in total. The van der Waals surface area contributed by atoms with Crippen LogP contribution in [-0.4, -0.2) is 24.0 Å². The average molecular weight is 436 g/mol. The number of aromatic nitrogens is 1. The molecule has 1 aromatic heterocycles. The average Bonchev–Trinajstić information content (AvgIpc) is 3.16. The van der Waals surface area contributed by atoms with Gasteiger partial charge in [0, 0.05) is 23.0 Å². The van der Waals surface area contributed by atoms with Crippen LogP contribution >= 0.6 is 11.3 Å². The molecular formula is C22H17FN4O3S. The largest absolute Gasteiger partial charge is 0.494 e. The smallest absolute Gasteiger partial charge is 0.323 e. The van der Waals surface area contributed by atoms with E-state index in [9.17, 15) is 14.0 Å². The summed E-state index contributed by atoms with van der Waals surface area (Å²) in [6, 6.07) is 17.2. The maximum absolute atomic E-state index is 13.3. The highest BCUT2D eigenvalue weighted by Crippen LogP contribution is 2.35. The van der Waals surface area contributed by atoms with Crippen LogP contribution < -0.4 is 20.7 Å². The second kappa shape index (κ2) is 8.80. The molecule has 156 valence electrons. The van der Waals surface area contributed by atoms with Gasteiger partial charge in [-0.25, -0.2) is 14.2 Å². The number of methoxy groups -OCH3 is 1. The molecule has 0 bridgehead atoms. The highest BCUT2D eigenvalue weighted by molar-refractivity contribution is 7.22. The lowest BCUT2D eigenvalue weighted by atomic mass is 10.2. The van der Waals surface area contributed by atoms with E-state index in [1.165, 1.54) is 36.6 Å². The Hall–Kier alpha value is -3.98. The fraction of sp³-hybridized carbons (Fsp3) is 0.0455. The van der Waals surface area contributed by atoms with Gasteiger partial charge in [-0.2, -0.15) is 0 Å². The highest BCUT2D eigenvalue weighted by atomic mass is 32.1. The number of anilines is 3. The second-order valence-electron chi connectivity index (χ2n) is 6.45. The van der Waals surface area contributed by atoms with Gasteiger partial charge in [-0.3, -0.25) is 10.1 Å². The zero-order valence-electron chi connectivity index (χ0n) is 16.3. The summed E-state index contributed by atoms with van der Waals surface area (Å²) in [6.07, 6.45) is 0. The quantitative estimate of drug-likeness (QED) is 0.394. The molecule has 3 amide bonds. The SMILES string of the molecule is COc1cc(NC(=O)Nc2cccc(F)c2)cc2sc(NC(=O)c3ccccc3)nc12. The molecule has 0 fully saturated rings. The maximum Gasteiger partial charge on any atom is 0.323 e. The number of fused-ring (bicyclic) bond motifs is 1. The van der Waals surface area contributed by atoms with Gasteiger partial charge < -0.3 is 15.4 Å². The topological polar surface area (TPSA) is 92.4 Å². The van der Waals surface area contributed by atoms with Gasteiger partial charge in [0.2, 0.25) is 0 Å². The number of benzene rings is 3. The van der Waals surface area contributed by atoms with Crippen LogP contribution in [0, 0.1) is 5.82 Å². The van der Waals surface area contributed by atoms with E-state index in [4.69, 9.17) is 4.74 Å². The zero-order valence-corrected chi connectivity index (χ0v) is 17.1. The minimum Gasteiger partial charge on any atom is -0.494 e. The second-order valence-corrected chi connectivity index (χ2v) is 7.48. The van der Waals surface area contributed by atoms with E-state index in [0.29, 0.717) is 38.0 Å². The summed E-state index contributed by atoms with van der Waals surface area (Å²) in [6.45, 7) is 0. The molecule has 4 rings (SSSR count). The Balaban J connectivity index is 1.54. The van der Waals surface area contributed by atoms with E-state index >= 15 is 0 Å². The predicted octanol–water partition coefficient (Wildman–Crippen LogP) is 5.34. The van der Waals surface area contributed by atoms with Crippen molar-refractivity contribution < 1.29 is 18.7 Å². The van der Waals surface area contributed by atoms with Crippen LogP contribution in [0.5, 0.6) is 5.75 Å². The molecule has 0 spiro atoms. The van der Waals surface area contributed by atoms with Gasteiger partial charge >= 0.3 is 6.03 Å². The first-order chi connectivity index (χ1) is 15.0. The Labute approximate surface area is 180 Å². The van der Waals surface area contributed by atoms with Crippen molar-refractivity contribution >= 4 is 50.0 Å². The van der Waals surface area contributed by atoms with Gasteiger partial charge in [-0.1, -0.05) is 35.6 Å². The number of amides is 3. The fourth-order valence-electron chi connectivity index (χ4n) is 2.90. The number of urea groups is 1. The van der Waals surface area contributed by atoms with Crippen molar-refractivity contribution in [3.63, 3.8) is 0 Å². The minimum absolute atomic E-state index is 0.272. The third-order valence-corrected chi connectivity index (χ3v) is 5.19. The minimum atomic E-state index is -0.533. The first kappa shape index (κ1) is 20.3. The molecule has 1 heterocycles. The molecule has 7 nitrogen and oxygen atoms in total. The van der Waals surface area contributed by atoms with Crippen LogP contribution in [0.25, 0.3) is 10.2 Å². The maximum atomic E-state index is 13.3. The third-order valence-electron chi connectivity index (χ3n) is 4.28. The first-order valence-electron chi connectivity index (χ1n) is 9.20. The predicted molar refractivity (Wildman–Crippen MR) is 120 cm³/mol. The fourth-order valence-corrected chi connectivity index (χ4v) is 3.82. The molecule has 0 aliphatic heterocycles. The summed E-state index contributed by atoms with van der Waals surface area (Å²) in [5, 5.41) is 8.44. The number of nitrogens with zero attached hydrogens (tertiary/aromatic N) is 1. The number of hydrogen-bond acceptors (Lipinski definition) is 5. The van der Waals surface area contributed by atoms with Gasteiger partial charge in [0.05, 0.1) is 11.8 Å². The van der Waals surface area contributed by atoms with Crippen LogP contribution in [0.1, 0.15) is 10.4 Å². The molecule has 0 atom stereocenters. The standard InChI is InChI=1S/C22H17FN4O3S/c1-30-17-11-16(25-21(29)24-15-9-5-8-14(23)10-15)12-18-19(17)26-22(31-18)27-20(28)13-6-3-2-4-7-13/h2-12H,1H3,(H2,24,25,29)(H,26,27,28). The summed E-state index contributed by atoms with van der Waals surface area (Å²) in [5.41, 5.74) is 1.87. The van der Waals surface area contributed by atoms with Crippen LogP contribution in [-0.2, 0) is 0 Å². The van der Waals surface area contributed by atoms with Crippen LogP contribution in [0.2, 0.25) is 0 Å². The summed E-state index contributed by atoms with van der Waals surface area (Å²) in [4.78, 5) is 29.1. The third kappa shape index (κ3) is 4.78. The number of rotatable bonds is 5. The molecule has 9 heteroatoms. The highest BCUT2D eigenvalue weighted by Gasteiger charge is 2.15. The number of ether oxygens (including phenoxy) is 1. The van der Waals surface area contributed by atoms with Crippen LogP contribution in [0.4, 0.5) is 25.7 Å². The summed E-state index contributed by atoms with van der Waals surface area (Å²) < 4.78 is 19.4. The monoisotopic (exact) mass is 436 g/mol.